The standard InChI is InChI=1S/C11H16NO4S/c1-9-5-10(8-13)7-11(6-9)16-3-2-4-17(12,14)15/h6-7,13H,2-4,8H2,1H3,(H2,12,14,15). The smallest absolute Gasteiger partial charge is 0.209 e. The average Bonchev–Trinajstić information content (AvgIpc) is 2.22. The molecule has 1 aromatic rings. The fourth-order valence-electron chi connectivity index (χ4n) is 1.37. The molecule has 0 saturated carbocycles. The van der Waals surface area contributed by atoms with E-state index in [9.17, 15) is 8.42 Å². The molecule has 1 radical (unpaired) electrons. The van der Waals surface area contributed by atoms with Crippen LogP contribution < -0.4 is 9.88 Å². The lowest BCUT2D eigenvalue weighted by Gasteiger charge is -2.08. The second-order valence-electron chi connectivity index (χ2n) is 3.75. The van der Waals surface area contributed by atoms with Crippen LogP contribution in [0, 0.1) is 13.0 Å². The third-order valence-corrected chi connectivity index (χ3v) is 2.90. The van der Waals surface area contributed by atoms with Crippen molar-refractivity contribution in [1.29, 1.82) is 0 Å². The first-order valence-corrected chi connectivity index (χ1v) is 6.89. The Balaban J connectivity index is 2.49. The number of primary sulfonamides is 1. The van der Waals surface area contributed by atoms with Gasteiger partial charge in [-0.1, -0.05) is 0 Å². The van der Waals surface area contributed by atoms with E-state index in [0.29, 0.717) is 17.7 Å². The summed E-state index contributed by atoms with van der Waals surface area (Å²) in [6.07, 6.45) is 0.338. The van der Waals surface area contributed by atoms with E-state index < -0.39 is 10.0 Å². The Morgan fingerprint density at radius 3 is 2.76 bits per heavy atom. The molecular formula is C11H16NO4S. The van der Waals surface area contributed by atoms with Crippen LogP contribution in [0.15, 0.2) is 12.1 Å². The predicted molar refractivity (Wildman–Crippen MR) is 64.0 cm³/mol. The summed E-state index contributed by atoms with van der Waals surface area (Å²) in [7, 11) is -3.43. The quantitative estimate of drug-likeness (QED) is 0.720. The Hall–Kier alpha value is -1.11. The summed E-state index contributed by atoms with van der Waals surface area (Å²) in [5, 5.41) is 13.8. The van der Waals surface area contributed by atoms with Gasteiger partial charge in [0.1, 0.15) is 5.75 Å². The lowest BCUT2D eigenvalue weighted by molar-refractivity contribution is 0.278. The van der Waals surface area contributed by atoms with Gasteiger partial charge in [-0.15, -0.1) is 0 Å². The SMILES string of the molecule is Cc1[c]c(CO)cc(OCCCS(N)(=O)=O)c1. The number of ether oxygens (including phenoxy) is 1. The van der Waals surface area contributed by atoms with Crippen LogP contribution in [0.25, 0.3) is 0 Å². The van der Waals surface area contributed by atoms with Gasteiger partial charge in [0.2, 0.25) is 10.0 Å². The van der Waals surface area contributed by atoms with E-state index in [2.05, 4.69) is 6.07 Å². The predicted octanol–water partition coefficient (Wildman–Crippen LogP) is 0.345. The van der Waals surface area contributed by atoms with Crippen LogP contribution in [-0.4, -0.2) is 25.9 Å². The number of rotatable bonds is 6. The molecule has 6 heteroatoms. The largest absolute Gasteiger partial charge is 0.494 e. The van der Waals surface area contributed by atoms with Gasteiger partial charge in [0.05, 0.1) is 19.0 Å². The highest BCUT2D eigenvalue weighted by molar-refractivity contribution is 7.89. The molecule has 0 unspecified atom stereocenters. The van der Waals surface area contributed by atoms with Crippen LogP contribution in [0.2, 0.25) is 0 Å². The topological polar surface area (TPSA) is 89.6 Å². The Morgan fingerprint density at radius 1 is 1.47 bits per heavy atom. The molecule has 0 aliphatic rings. The van der Waals surface area contributed by atoms with Gasteiger partial charge in [-0.05, 0) is 42.7 Å². The molecule has 1 rings (SSSR count). The molecule has 0 aromatic heterocycles. The minimum absolute atomic E-state index is 0.0994. The molecule has 0 heterocycles. The Kier molecular flexibility index (Phi) is 4.92. The van der Waals surface area contributed by atoms with Crippen LogP contribution in [0.4, 0.5) is 0 Å². The molecule has 0 saturated heterocycles. The summed E-state index contributed by atoms with van der Waals surface area (Å²) in [5.74, 6) is 0.498. The van der Waals surface area contributed by atoms with Gasteiger partial charge in [0, 0.05) is 0 Å². The van der Waals surface area contributed by atoms with Crippen molar-refractivity contribution in [2.75, 3.05) is 12.4 Å². The molecule has 0 bridgehead atoms. The number of aliphatic hydroxyl groups excluding tert-OH is 1. The number of sulfonamides is 1. The first-order valence-electron chi connectivity index (χ1n) is 5.17. The van der Waals surface area contributed by atoms with Gasteiger partial charge in [-0.2, -0.15) is 0 Å². The number of aliphatic hydroxyl groups is 1. The zero-order valence-electron chi connectivity index (χ0n) is 9.64. The zero-order chi connectivity index (χ0) is 12.9. The molecule has 0 amide bonds. The normalized spacial score (nSPS) is 11.5. The van der Waals surface area contributed by atoms with Gasteiger partial charge in [-0.3, -0.25) is 0 Å². The third-order valence-electron chi connectivity index (χ3n) is 2.05. The van der Waals surface area contributed by atoms with Gasteiger partial charge in [0.15, 0.2) is 0 Å². The molecule has 0 fully saturated rings. The van der Waals surface area contributed by atoms with E-state index in [-0.39, 0.29) is 19.0 Å². The monoisotopic (exact) mass is 258 g/mol. The average molecular weight is 258 g/mol. The van der Waals surface area contributed by atoms with Crippen LogP contribution in [-0.2, 0) is 16.6 Å². The van der Waals surface area contributed by atoms with Crippen molar-refractivity contribution in [3.63, 3.8) is 0 Å². The Bertz CT molecular complexity index is 470. The maximum absolute atomic E-state index is 10.7. The number of hydrogen-bond donors (Lipinski definition) is 2. The number of nitrogens with two attached hydrogens (primary N) is 1. The first kappa shape index (κ1) is 14.0. The van der Waals surface area contributed by atoms with Gasteiger partial charge in [0.25, 0.3) is 0 Å². The molecular weight excluding hydrogens is 242 g/mol. The third kappa shape index (κ3) is 5.67. The van der Waals surface area contributed by atoms with E-state index in [1.807, 2.05) is 6.92 Å². The Morgan fingerprint density at radius 2 is 2.18 bits per heavy atom. The van der Waals surface area contributed by atoms with Crippen LogP contribution in [0.5, 0.6) is 5.75 Å². The summed E-state index contributed by atoms with van der Waals surface area (Å²) in [6.45, 7) is 2.01. The molecule has 17 heavy (non-hydrogen) atoms. The molecule has 0 aliphatic heterocycles. The second-order valence-corrected chi connectivity index (χ2v) is 5.49. The van der Waals surface area contributed by atoms with Crippen molar-refractivity contribution in [1.82, 2.24) is 0 Å². The molecule has 3 N–H and O–H groups in total. The highest BCUT2D eigenvalue weighted by Gasteiger charge is 2.03. The lowest BCUT2D eigenvalue weighted by Crippen LogP contribution is -2.18. The van der Waals surface area contributed by atoms with Gasteiger partial charge < -0.3 is 9.84 Å². The second kappa shape index (κ2) is 6.00. The number of benzene rings is 1. The van der Waals surface area contributed by atoms with E-state index in [1.165, 1.54) is 0 Å². The van der Waals surface area contributed by atoms with Crippen LogP contribution in [0.1, 0.15) is 17.5 Å². The molecule has 1 aromatic carbocycles. The van der Waals surface area contributed by atoms with Crippen LogP contribution >= 0.6 is 0 Å². The minimum atomic E-state index is -3.43. The summed E-state index contributed by atoms with van der Waals surface area (Å²) < 4.78 is 26.7. The van der Waals surface area contributed by atoms with Gasteiger partial charge in [-0.25, -0.2) is 13.6 Å². The van der Waals surface area contributed by atoms with Crippen LogP contribution in [0.3, 0.4) is 0 Å². The molecule has 5 nitrogen and oxygen atoms in total. The molecule has 0 atom stereocenters. The van der Waals surface area contributed by atoms with E-state index in [1.54, 1.807) is 12.1 Å². The summed E-state index contributed by atoms with van der Waals surface area (Å²) in [6, 6.07) is 6.41. The van der Waals surface area contributed by atoms with E-state index in [4.69, 9.17) is 15.0 Å². The molecule has 0 spiro atoms. The number of aryl methyl sites for hydroxylation is 1. The van der Waals surface area contributed by atoms with Gasteiger partial charge >= 0.3 is 0 Å². The fourth-order valence-corrected chi connectivity index (χ4v) is 1.89. The molecule has 95 valence electrons. The zero-order valence-corrected chi connectivity index (χ0v) is 10.5. The van der Waals surface area contributed by atoms with Crippen molar-refractivity contribution < 1.29 is 18.3 Å². The van der Waals surface area contributed by atoms with E-state index in [0.717, 1.165) is 5.56 Å². The fraction of sp³-hybridized carbons (Fsp3) is 0.455. The van der Waals surface area contributed by atoms with Crippen molar-refractivity contribution in [2.45, 2.75) is 20.0 Å². The Labute approximate surface area is 101 Å². The van der Waals surface area contributed by atoms with Crippen molar-refractivity contribution in [2.24, 2.45) is 5.14 Å². The molecule has 0 aliphatic carbocycles. The maximum Gasteiger partial charge on any atom is 0.209 e. The first-order chi connectivity index (χ1) is 7.90. The summed E-state index contributed by atoms with van der Waals surface area (Å²) >= 11 is 0. The highest BCUT2D eigenvalue weighted by Crippen LogP contribution is 2.16. The minimum Gasteiger partial charge on any atom is -0.494 e. The summed E-state index contributed by atoms with van der Waals surface area (Å²) in [4.78, 5) is 0. The number of hydrogen-bond acceptors (Lipinski definition) is 4. The van der Waals surface area contributed by atoms with Crippen molar-refractivity contribution >= 4 is 10.0 Å². The summed E-state index contributed by atoms with van der Waals surface area (Å²) in [5.41, 5.74) is 1.50. The van der Waals surface area contributed by atoms with Crippen molar-refractivity contribution in [3.05, 3.63) is 29.3 Å². The van der Waals surface area contributed by atoms with Crippen molar-refractivity contribution in [3.8, 4) is 5.75 Å². The van der Waals surface area contributed by atoms with E-state index >= 15 is 0 Å². The lowest BCUT2D eigenvalue weighted by atomic mass is 10.1. The maximum atomic E-state index is 10.7. The highest BCUT2D eigenvalue weighted by atomic mass is 32.2.